The summed E-state index contributed by atoms with van der Waals surface area (Å²) in [6.45, 7) is 0. The van der Waals surface area contributed by atoms with Crippen molar-refractivity contribution in [3.63, 3.8) is 0 Å². The zero-order valence-corrected chi connectivity index (χ0v) is 35.2. The maximum Gasteiger partial charge on any atom is 0.113 e. The van der Waals surface area contributed by atoms with Crippen molar-refractivity contribution in [2.75, 3.05) is 0 Å². The van der Waals surface area contributed by atoms with Crippen molar-refractivity contribution in [3.8, 4) is 33.4 Å². The summed E-state index contributed by atoms with van der Waals surface area (Å²) in [5.41, 5.74) is 6.23. The maximum atomic E-state index is 7.18. The third kappa shape index (κ3) is 5.31. The zero-order chi connectivity index (χ0) is 47.0. The van der Waals surface area contributed by atoms with Crippen LogP contribution >= 0.6 is 0 Å². The van der Waals surface area contributed by atoms with E-state index >= 15 is 0 Å². The molecule has 0 atom stereocenters. The first kappa shape index (κ1) is 43.5. The average molecular weight is 781 g/mol. The molecule has 0 N–H and O–H groups in total. The van der Waals surface area contributed by atoms with Crippen LogP contribution in [0.2, 0.25) is 0 Å². The van der Waals surface area contributed by atoms with Crippen LogP contribution in [0.4, 0.5) is 0 Å². The summed E-state index contributed by atoms with van der Waals surface area (Å²) in [5.74, 6) is 0. The molecular weight excluding hydrogens is 771 g/mol. The van der Waals surface area contributed by atoms with E-state index in [1.807, 2.05) is 60.7 Å². The summed E-state index contributed by atoms with van der Waals surface area (Å²) in [7, 11) is 123. The minimum absolute atomic E-state index is 0.0882. The van der Waals surface area contributed by atoms with Crippen molar-refractivity contribution in [1.82, 2.24) is 0 Å². The topological polar surface area (TPSA) is 0 Å². The molecule has 0 nitrogen and oxygen atoms in total. The van der Waals surface area contributed by atoms with E-state index in [-0.39, 0.29) is 98.3 Å². The third-order valence-electron chi connectivity index (χ3n) is 13.8. The summed E-state index contributed by atoms with van der Waals surface area (Å²) < 4.78 is 0. The molecule has 18 heteroatoms. The van der Waals surface area contributed by atoms with Crippen molar-refractivity contribution < 1.29 is 0 Å². The highest BCUT2D eigenvalue weighted by atomic mass is 14.3. The van der Waals surface area contributed by atoms with Crippen LogP contribution in [0.25, 0.3) is 109 Å². The quantitative estimate of drug-likeness (QED) is 0.124. The van der Waals surface area contributed by atoms with Gasteiger partial charge in [0.2, 0.25) is 0 Å². The fourth-order valence-electron chi connectivity index (χ4n) is 10.7. The van der Waals surface area contributed by atoms with Crippen LogP contribution in [-0.2, 0) is 0 Å². The second-order valence-corrected chi connectivity index (χ2v) is 17.0. The standard InChI is InChI=1S/C48H10B18/c49-31-17(23-19-21-27(37(55)33(23)51)43(61)47(65)45(63)29(21)41(59)39(57)25(19)35(31)53)15-8-4-3-7-14(15)12-9-11-5-1-2-6-13(11)16(10-12)18-24-20-22-28(38(56)34(24)52)44(62)48(66)46(64)30(22)42(60)40(58)26(20)36(54)32(18)50/h1-10H. The first-order valence-corrected chi connectivity index (χ1v) is 20.5. The summed E-state index contributed by atoms with van der Waals surface area (Å²) in [6.07, 6.45) is 0. The molecule has 36 radical (unpaired) electrons. The maximum absolute atomic E-state index is 7.18. The summed E-state index contributed by atoms with van der Waals surface area (Å²) in [4.78, 5) is 0. The largest absolute Gasteiger partial charge is 0.113 e. The van der Waals surface area contributed by atoms with E-state index in [1.165, 1.54) is 0 Å². The van der Waals surface area contributed by atoms with Crippen molar-refractivity contribution in [2.24, 2.45) is 0 Å². The smallest absolute Gasteiger partial charge is 0.109 e. The molecule has 0 saturated heterocycles. The van der Waals surface area contributed by atoms with Gasteiger partial charge in [0.15, 0.2) is 0 Å². The highest BCUT2D eigenvalue weighted by molar-refractivity contribution is 6.77. The van der Waals surface area contributed by atoms with E-state index in [2.05, 4.69) is 0 Å². The van der Waals surface area contributed by atoms with Crippen molar-refractivity contribution in [3.05, 3.63) is 60.7 Å². The normalized spacial score (nSPS) is 12.1. The monoisotopic (exact) mass is 784 g/mol. The lowest BCUT2D eigenvalue weighted by molar-refractivity contribution is 1.63. The molecule has 0 bridgehead atoms. The number of hydrogen-bond acceptors (Lipinski definition) is 0. The zero-order valence-electron chi connectivity index (χ0n) is 35.2. The molecule has 0 amide bonds. The molecule has 0 saturated carbocycles. The molecule has 256 valence electrons. The Morgan fingerprint density at radius 2 is 0.500 bits per heavy atom. The van der Waals surface area contributed by atoms with E-state index in [9.17, 15) is 0 Å². The lowest BCUT2D eigenvalue weighted by Crippen LogP contribution is -2.48. The van der Waals surface area contributed by atoms with E-state index in [0.717, 1.165) is 16.3 Å². The number of rotatable bonds is 3. The molecule has 0 spiro atoms. The van der Waals surface area contributed by atoms with Crippen molar-refractivity contribution in [2.45, 2.75) is 0 Å². The number of hydrogen-bond donors (Lipinski definition) is 0. The third-order valence-corrected chi connectivity index (χ3v) is 13.8. The van der Waals surface area contributed by atoms with Gasteiger partial charge in [0, 0.05) is 0 Å². The van der Waals surface area contributed by atoms with Gasteiger partial charge in [-0.25, -0.2) is 0 Å². The summed E-state index contributed by atoms with van der Waals surface area (Å²) in [5, 5.41) is 6.77. The van der Waals surface area contributed by atoms with Crippen LogP contribution in [0.1, 0.15) is 0 Å². The average Bonchev–Trinajstić information content (AvgIpc) is 3.30. The highest BCUT2D eigenvalue weighted by Gasteiger charge is 2.28. The van der Waals surface area contributed by atoms with Gasteiger partial charge in [-0.15, -0.1) is 10.9 Å². The van der Waals surface area contributed by atoms with Crippen LogP contribution in [0.3, 0.4) is 0 Å². The molecule has 0 aliphatic carbocycles. The van der Waals surface area contributed by atoms with Crippen molar-refractivity contribution in [1.29, 1.82) is 0 Å². The number of fused-ring (bicyclic) bond motifs is 1. The van der Waals surface area contributed by atoms with E-state index in [4.69, 9.17) is 141 Å². The predicted molar refractivity (Wildman–Crippen MR) is 305 cm³/mol. The Morgan fingerprint density at radius 3 is 0.909 bits per heavy atom. The Balaban J connectivity index is 1.30. The van der Waals surface area contributed by atoms with Gasteiger partial charge in [-0.2, -0.15) is 0 Å². The first-order valence-electron chi connectivity index (χ1n) is 20.5. The van der Waals surface area contributed by atoms with Crippen LogP contribution in [0.15, 0.2) is 60.7 Å². The minimum Gasteiger partial charge on any atom is -0.109 e. The predicted octanol–water partition coefficient (Wildman–Crippen LogP) is -8.08. The lowest BCUT2D eigenvalue weighted by atomic mass is 9.58. The minimum atomic E-state index is 0.0882. The molecule has 0 aliphatic rings. The van der Waals surface area contributed by atoms with Gasteiger partial charge in [0.05, 0.1) is 0 Å². The summed E-state index contributed by atoms with van der Waals surface area (Å²) in [6, 6.07) is 19.5. The Hall–Kier alpha value is -5.07. The molecule has 0 heterocycles. The first-order chi connectivity index (χ1) is 31.3. The molecule has 0 aromatic heterocycles. The Labute approximate surface area is 406 Å². The van der Waals surface area contributed by atoms with Gasteiger partial charge in [-0.1, -0.05) is 136 Å². The van der Waals surface area contributed by atoms with Gasteiger partial charge in [0.1, 0.15) is 141 Å². The van der Waals surface area contributed by atoms with Gasteiger partial charge in [-0.05, 0) is 121 Å². The SMILES string of the molecule is [B]c1c([B])c2c([B])c([B])c3c([B])c([B])c(-c4ccccc4-c4cc(-c5c([B])c([B])c6c([B])c([B])c7c([B])c([B])c([B])c8c([B])c([B])c5c6c78)c5ccccc5c4)c4c([B])c([B])c(c1[B])c2c34. The van der Waals surface area contributed by atoms with Gasteiger partial charge in [0.25, 0.3) is 0 Å². The highest BCUT2D eigenvalue weighted by Crippen LogP contribution is 2.42. The summed E-state index contributed by atoms with van der Waals surface area (Å²) >= 11 is 0. The fourth-order valence-corrected chi connectivity index (χ4v) is 10.7. The Bertz CT molecular complexity index is 4030. The Morgan fingerprint density at radius 1 is 0.212 bits per heavy atom. The molecule has 11 rings (SSSR count). The molecule has 0 unspecified atom stereocenters. The van der Waals surface area contributed by atoms with Crippen LogP contribution in [0, 0.1) is 0 Å². The van der Waals surface area contributed by atoms with E-state index < -0.39 is 0 Å². The molecule has 0 fully saturated rings. The second-order valence-electron chi connectivity index (χ2n) is 17.0. The van der Waals surface area contributed by atoms with Gasteiger partial charge >= 0.3 is 0 Å². The number of benzene rings is 11. The lowest BCUT2D eigenvalue weighted by Gasteiger charge is -2.30. The fraction of sp³-hybridized carbons (Fsp3) is 0. The van der Waals surface area contributed by atoms with Gasteiger partial charge < -0.3 is 0 Å². The van der Waals surface area contributed by atoms with Crippen molar-refractivity contribution >= 4 is 315 Å². The Kier molecular flexibility index (Phi) is 9.70. The molecule has 66 heavy (non-hydrogen) atoms. The molecule has 11 aromatic carbocycles. The van der Waals surface area contributed by atoms with E-state index in [1.54, 1.807) is 0 Å². The van der Waals surface area contributed by atoms with Crippen LogP contribution in [-0.4, -0.2) is 141 Å². The second kappa shape index (κ2) is 14.7. The van der Waals surface area contributed by atoms with Gasteiger partial charge in [-0.3, -0.25) is 0 Å². The molecular formula is C48H10B18. The molecule has 11 aromatic rings. The van der Waals surface area contributed by atoms with Crippen LogP contribution in [0.5, 0.6) is 0 Å². The van der Waals surface area contributed by atoms with E-state index in [0.29, 0.717) is 92.5 Å². The molecule has 0 aliphatic heterocycles. The van der Waals surface area contributed by atoms with Crippen LogP contribution < -0.4 is 98.3 Å².